The van der Waals surface area contributed by atoms with E-state index in [1.807, 2.05) is 6.92 Å². The lowest BCUT2D eigenvalue weighted by Crippen LogP contribution is -2.00. The molecule has 0 radical (unpaired) electrons. The highest BCUT2D eigenvalue weighted by Gasteiger charge is 2.37. The summed E-state index contributed by atoms with van der Waals surface area (Å²) in [5.41, 5.74) is 5.41. The predicted octanol–water partition coefficient (Wildman–Crippen LogP) is 4.27. The zero-order valence-corrected chi connectivity index (χ0v) is 12.2. The molecule has 1 heteroatoms. The van der Waals surface area contributed by atoms with Gasteiger partial charge < -0.3 is 4.74 Å². The SMILES string of the molecule is CC#CCOCC1C(c2ccccc2)=C1c1ccccc1. The molecule has 0 fully saturated rings. The Bertz CT molecular complexity index is 637. The molecule has 1 aliphatic rings. The Morgan fingerprint density at radius 1 is 0.857 bits per heavy atom. The van der Waals surface area contributed by atoms with E-state index in [-0.39, 0.29) is 0 Å². The third-order valence-corrected chi connectivity index (χ3v) is 3.71. The molecule has 0 spiro atoms. The predicted molar refractivity (Wildman–Crippen MR) is 87.5 cm³/mol. The second-order valence-corrected chi connectivity index (χ2v) is 5.05. The topological polar surface area (TPSA) is 9.23 Å². The van der Waals surface area contributed by atoms with Crippen molar-refractivity contribution in [1.29, 1.82) is 0 Å². The van der Waals surface area contributed by atoms with Gasteiger partial charge >= 0.3 is 0 Å². The number of benzene rings is 2. The van der Waals surface area contributed by atoms with E-state index in [0.29, 0.717) is 19.1 Å². The van der Waals surface area contributed by atoms with Gasteiger partial charge in [-0.1, -0.05) is 66.6 Å². The molecule has 2 aromatic rings. The number of rotatable bonds is 5. The van der Waals surface area contributed by atoms with Gasteiger partial charge in [0.1, 0.15) is 6.61 Å². The van der Waals surface area contributed by atoms with Gasteiger partial charge in [0.05, 0.1) is 6.61 Å². The van der Waals surface area contributed by atoms with Gasteiger partial charge in [0.2, 0.25) is 0 Å². The van der Waals surface area contributed by atoms with Crippen molar-refractivity contribution in [1.82, 2.24) is 0 Å². The summed E-state index contributed by atoms with van der Waals surface area (Å²) in [6, 6.07) is 21.1. The average Bonchev–Trinajstić information content (AvgIpc) is 3.27. The third-order valence-electron chi connectivity index (χ3n) is 3.71. The summed E-state index contributed by atoms with van der Waals surface area (Å²) >= 11 is 0. The zero-order valence-electron chi connectivity index (χ0n) is 12.2. The van der Waals surface area contributed by atoms with Gasteiger partial charge in [-0.2, -0.15) is 0 Å². The molecule has 2 aromatic carbocycles. The van der Waals surface area contributed by atoms with Crippen molar-refractivity contribution in [3.63, 3.8) is 0 Å². The maximum atomic E-state index is 5.69. The van der Waals surface area contributed by atoms with E-state index in [0.717, 1.165) is 0 Å². The minimum Gasteiger partial charge on any atom is -0.368 e. The Morgan fingerprint density at radius 2 is 1.38 bits per heavy atom. The van der Waals surface area contributed by atoms with E-state index in [2.05, 4.69) is 72.5 Å². The molecular weight excluding hydrogens is 256 g/mol. The van der Waals surface area contributed by atoms with Crippen molar-refractivity contribution in [2.24, 2.45) is 5.92 Å². The fourth-order valence-corrected chi connectivity index (χ4v) is 2.68. The van der Waals surface area contributed by atoms with Crippen LogP contribution in [0.5, 0.6) is 0 Å². The molecule has 1 aliphatic carbocycles. The minimum absolute atomic E-state index is 0.397. The molecule has 0 bridgehead atoms. The first-order valence-electron chi connectivity index (χ1n) is 7.24. The van der Waals surface area contributed by atoms with E-state index in [1.165, 1.54) is 22.3 Å². The normalized spacial score (nSPS) is 13.8. The lowest BCUT2D eigenvalue weighted by molar-refractivity contribution is 0.164. The fraction of sp³-hybridized carbons (Fsp3) is 0.200. The number of ether oxygens (including phenoxy) is 1. The fourth-order valence-electron chi connectivity index (χ4n) is 2.68. The molecule has 104 valence electrons. The number of hydrogen-bond acceptors (Lipinski definition) is 1. The van der Waals surface area contributed by atoms with Gasteiger partial charge in [-0.05, 0) is 29.2 Å². The summed E-state index contributed by atoms with van der Waals surface area (Å²) in [5, 5.41) is 0. The second kappa shape index (κ2) is 6.43. The Balaban J connectivity index is 1.80. The summed E-state index contributed by atoms with van der Waals surface area (Å²) in [7, 11) is 0. The molecule has 0 aliphatic heterocycles. The molecule has 1 nitrogen and oxygen atoms in total. The van der Waals surface area contributed by atoms with Crippen LogP contribution in [-0.2, 0) is 4.74 Å². The van der Waals surface area contributed by atoms with Gasteiger partial charge in [-0.15, -0.1) is 5.92 Å². The quantitative estimate of drug-likeness (QED) is 0.584. The molecular formula is C20H18O. The monoisotopic (exact) mass is 274 g/mol. The first kappa shape index (κ1) is 13.7. The molecule has 0 atom stereocenters. The van der Waals surface area contributed by atoms with E-state index >= 15 is 0 Å². The van der Waals surface area contributed by atoms with Crippen molar-refractivity contribution in [2.75, 3.05) is 13.2 Å². The molecule has 21 heavy (non-hydrogen) atoms. The Hall–Kier alpha value is -2.30. The van der Waals surface area contributed by atoms with Crippen LogP contribution in [0.25, 0.3) is 11.1 Å². The maximum absolute atomic E-state index is 5.69. The Morgan fingerprint density at radius 3 is 1.86 bits per heavy atom. The van der Waals surface area contributed by atoms with Crippen LogP contribution in [0.15, 0.2) is 60.7 Å². The van der Waals surface area contributed by atoms with Crippen LogP contribution in [0.1, 0.15) is 18.1 Å². The second-order valence-electron chi connectivity index (χ2n) is 5.05. The summed E-state index contributed by atoms with van der Waals surface area (Å²) in [6.45, 7) is 3.06. The zero-order chi connectivity index (χ0) is 14.5. The Kier molecular flexibility index (Phi) is 4.19. The minimum atomic E-state index is 0.397. The molecule has 3 rings (SSSR count). The van der Waals surface area contributed by atoms with Crippen LogP contribution in [0.2, 0.25) is 0 Å². The Labute approximate surface area is 126 Å². The van der Waals surface area contributed by atoms with E-state index in [9.17, 15) is 0 Å². The lowest BCUT2D eigenvalue weighted by atomic mass is 10.1. The highest BCUT2D eigenvalue weighted by atomic mass is 16.5. The average molecular weight is 274 g/mol. The highest BCUT2D eigenvalue weighted by Crippen LogP contribution is 2.53. The van der Waals surface area contributed by atoms with Crippen LogP contribution >= 0.6 is 0 Å². The molecule has 0 saturated heterocycles. The lowest BCUT2D eigenvalue weighted by Gasteiger charge is -2.02. The van der Waals surface area contributed by atoms with Gasteiger partial charge in [0.15, 0.2) is 0 Å². The molecule has 0 N–H and O–H groups in total. The molecule has 0 unspecified atom stereocenters. The third kappa shape index (κ3) is 3.07. The van der Waals surface area contributed by atoms with Crippen LogP contribution in [-0.4, -0.2) is 13.2 Å². The summed E-state index contributed by atoms with van der Waals surface area (Å²) in [5.74, 6) is 6.21. The van der Waals surface area contributed by atoms with Crippen molar-refractivity contribution in [3.05, 3.63) is 71.8 Å². The summed E-state index contributed by atoms with van der Waals surface area (Å²) in [4.78, 5) is 0. The molecule has 0 aromatic heterocycles. The van der Waals surface area contributed by atoms with E-state index < -0.39 is 0 Å². The largest absolute Gasteiger partial charge is 0.368 e. The van der Waals surface area contributed by atoms with E-state index in [4.69, 9.17) is 4.74 Å². The first-order valence-corrected chi connectivity index (χ1v) is 7.24. The summed E-state index contributed by atoms with van der Waals surface area (Å²) in [6.07, 6.45) is 0. The van der Waals surface area contributed by atoms with Gasteiger partial charge in [0, 0.05) is 5.92 Å². The van der Waals surface area contributed by atoms with Gasteiger partial charge in [-0.3, -0.25) is 0 Å². The maximum Gasteiger partial charge on any atom is 0.107 e. The summed E-state index contributed by atoms with van der Waals surface area (Å²) < 4.78 is 5.69. The van der Waals surface area contributed by atoms with Crippen molar-refractivity contribution in [2.45, 2.75) is 6.92 Å². The highest BCUT2D eigenvalue weighted by molar-refractivity contribution is 6.10. The van der Waals surface area contributed by atoms with Crippen molar-refractivity contribution in [3.8, 4) is 11.8 Å². The molecule has 0 saturated carbocycles. The van der Waals surface area contributed by atoms with Gasteiger partial charge in [0.25, 0.3) is 0 Å². The van der Waals surface area contributed by atoms with Crippen LogP contribution < -0.4 is 0 Å². The smallest absolute Gasteiger partial charge is 0.107 e. The molecule has 0 heterocycles. The number of hydrogen-bond donors (Lipinski definition) is 0. The standard InChI is InChI=1S/C20H18O/c1-2-3-14-21-15-18-19(16-10-6-4-7-11-16)20(18)17-12-8-5-9-13-17/h4-13,18H,14-15H2,1H3. The molecule has 0 amide bonds. The van der Waals surface area contributed by atoms with Crippen LogP contribution in [0, 0.1) is 17.8 Å². The van der Waals surface area contributed by atoms with Crippen LogP contribution in [0.3, 0.4) is 0 Å². The first-order chi connectivity index (χ1) is 10.4. The van der Waals surface area contributed by atoms with Crippen molar-refractivity contribution < 1.29 is 4.74 Å². The van der Waals surface area contributed by atoms with Crippen molar-refractivity contribution >= 4 is 11.1 Å². The van der Waals surface area contributed by atoms with Crippen LogP contribution in [0.4, 0.5) is 0 Å². The van der Waals surface area contributed by atoms with Gasteiger partial charge in [-0.25, -0.2) is 0 Å². The van der Waals surface area contributed by atoms with E-state index in [1.54, 1.807) is 0 Å².